The van der Waals surface area contributed by atoms with Gasteiger partial charge in [-0.1, -0.05) is 50.1 Å². The second kappa shape index (κ2) is 5.66. The molecule has 0 radical (unpaired) electrons. The lowest BCUT2D eigenvalue weighted by Gasteiger charge is -2.26. The molecule has 2 N–H and O–H groups in total. The number of Topliss-reactive ketones (excluding diaryl/α,β-unsaturated/α-hetero) is 1. The van der Waals surface area contributed by atoms with Crippen molar-refractivity contribution in [2.45, 2.75) is 53.5 Å². The molecule has 1 unspecified atom stereocenters. The van der Waals surface area contributed by atoms with Crippen LogP contribution in [0.15, 0.2) is 18.2 Å². The van der Waals surface area contributed by atoms with Gasteiger partial charge in [-0.15, -0.1) is 0 Å². The monoisotopic (exact) mass is 247 g/mol. The first-order valence-electron chi connectivity index (χ1n) is 6.53. The Morgan fingerprint density at radius 3 is 2.11 bits per heavy atom. The highest BCUT2D eigenvalue weighted by Crippen LogP contribution is 2.20. The van der Waals surface area contributed by atoms with E-state index < -0.39 is 0 Å². The molecule has 0 saturated heterocycles. The fourth-order valence-electron chi connectivity index (χ4n) is 2.02. The highest BCUT2D eigenvalue weighted by molar-refractivity contribution is 5.81. The minimum absolute atomic E-state index is 0.0157. The Labute approximate surface area is 111 Å². The SMILES string of the molecule is Cc1cc(C)cc(CC(=O)CC(N)C(C)(C)C)c1. The van der Waals surface area contributed by atoms with Gasteiger partial charge in [0.05, 0.1) is 0 Å². The van der Waals surface area contributed by atoms with E-state index >= 15 is 0 Å². The molecule has 0 aliphatic rings. The lowest BCUT2D eigenvalue weighted by Crippen LogP contribution is -2.37. The zero-order chi connectivity index (χ0) is 13.9. The zero-order valence-corrected chi connectivity index (χ0v) is 12.2. The van der Waals surface area contributed by atoms with E-state index in [-0.39, 0.29) is 17.2 Å². The van der Waals surface area contributed by atoms with Gasteiger partial charge in [-0.3, -0.25) is 4.79 Å². The molecule has 2 nitrogen and oxygen atoms in total. The largest absolute Gasteiger partial charge is 0.327 e. The van der Waals surface area contributed by atoms with E-state index in [1.165, 1.54) is 11.1 Å². The second-order valence-corrected chi connectivity index (χ2v) is 6.39. The zero-order valence-electron chi connectivity index (χ0n) is 12.2. The van der Waals surface area contributed by atoms with E-state index in [0.29, 0.717) is 12.8 Å². The Kier molecular flexibility index (Phi) is 4.69. The van der Waals surface area contributed by atoms with Crippen molar-refractivity contribution in [3.05, 3.63) is 34.9 Å². The first kappa shape index (κ1) is 14.9. The van der Waals surface area contributed by atoms with Crippen LogP contribution in [-0.4, -0.2) is 11.8 Å². The summed E-state index contributed by atoms with van der Waals surface area (Å²) in [7, 11) is 0. The van der Waals surface area contributed by atoms with E-state index in [2.05, 4.69) is 52.8 Å². The average molecular weight is 247 g/mol. The summed E-state index contributed by atoms with van der Waals surface area (Å²) in [5, 5.41) is 0. The maximum atomic E-state index is 12.0. The summed E-state index contributed by atoms with van der Waals surface area (Å²) in [6, 6.07) is 6.20. The molecule has 100 valence electrons. The third-order valence-electron chi connectivity index (χ3n) is 3.24. The van der Waals surface area contributed by atoms with Crippen LogP contribution >= 0.6 is 0 Å². The number of hydrogen-bond acceptors (Lipinski definition) is 2. The van der Waals surface area contributed by atoms with Crippen molar-refractivity contribution in [2.75, 3.05) is 0 Å². The van der Waals surface area contributed by atoms with Crippen LogP contribution in [0.4, 0.5) is 0 Å². The molecule has 0 aromatic heterocycles. The molecule has 0 heterocycles. The predicted molar refractivity (Wildman–Crippen MR) is 76.7 cm³/mol. The minimum Gasteiger partial charge on any atom is -0.327 e. The molecule has 1 aromatic carbocycles. The van der Waals surface area contributed by atoms with Crippen LogP contribution in [0.1, 0.15) is 43.9 Å². The molecule has 0 fully saturated rings. The van der Waals surface area contributed by atoms with E-state index in [4.69, 9.17) is 5.73 Å². The van der Waals surface area contributed by atoms with Crippen LogP contribution in [0.25, 0.3) is 0 Å². The van der Waals surface area contributed by atoms with Crippen LogP contribution < -0.4 is 5.73 Å². The maximum Gasteiger partial charge on any atom is 0.138 e. The summed E-state index contributed by atoms with van der Waals surface area (Å²) in [6.07, 6.45) is 0.947. The van der Waals surface area contributed by atoms with Crippen LogP contribution in [0.2, 0.25) is 0 Å². The van der Waals surface area contributed by atoms with Crippen molar-refractivity contribution in [2.24, 2.45) is 11.1 Å². The summed E-state index contributed by atoms with van der Waals surface area (Å²) in [5.41, 5.74) is 9.54. The van der Waals surface area contributed by atoms with E-state index in [1.54, 1.807) is 0 Å². The van der Waals surface area contributed by atoms with Gasteiger partial charge in [-0.25, -0.2) is 0 Å². The molecule has 0 aliphatic carbocycles. The number of benzene rings is 1. The smallest absolute Gasteiger partial charge is 0.138 e. The van der Waals surface area contributed by atoms with Gasteiger partial charge in [0.25, 0.3) is 0 Å². The van der Waals surface area contributed by atoms with Gasteiger partial charge in [-0.05, 0) is 24.8 Å². The van der Waals surface area contributed by atoms with Crippen LogP contribution in [-0.2, 0) is 11.2 Å². The molecule has 0 amide bonds. The Balaban J connectivity index is 2.65. The fourth-order valence-corrected chi connectivity index (χ4v) is 2.02. The van der Waals surface area contributed by atoms with Crippen LogP contribution in [0.5, 0.6) is 0 Å². The first-order chi connectivity index (χ1) is 8.18. The van der Waals surface area contributed by atoms with E-state index in [1.807, 2.05) is 0 Å². The van der Waals surface area contributed by atoms with Crippen LogP contribution in [0, 0.1) is 19.3 Å². The van der Waals surface area contributed by atoms with Gasteiger partial charge >= 0.3 is 0 Å². The summed E-state index contributed by atoms with van der Waals surface area (Å²) >= 11 is 0. The average Bonchev–Trinajstić information content (AvgIpc) is 2.13. The Hall–Kier alpha value is -1.15. The molecule has 2 heteroatoms. The summed E-state index contributed by atoms with van der Waals surface area (Å²) in [6.45, 7) is 10.3. The van der Waals surface area contributed by atoms with Gasteiger partial charge in [0, 0.05) is 18.9 Å². The Morgan fingerprint density at radius 2 is 1.67 bits per heavy atom. The molecule has 1 rings (SSSR count). The Morgan fingerprint density at radius 1 is 1.17 bits per heavy atom. The number of rotatable bonds is 4. The van der Waals surface area contributed by atoms with E-state index in [9.17, 15) is 4.79 Å². The van der Waals surface area contributed by atoms with Gasteiger partial charge < -0.3 is 5.73 Å². The maximum absolute atomic E-state index is 12.0. The molecular formula is C16H25NO. The molecule has 1 aromatic rings. The van der Waals surface area contributed by atoms with Crippen LogP contribution in [0.3, 0.4) is 0 Å². The topological polar surface area (TPSA) is 43.1 Å². The molecule has 0 spiro atoms. The minimum atomic E-state index is -0.0732. The quantitative estimate of drug-likeness (QED) is 0.888. The molecule has 0 saturated carbocycles. The van der Waals surface area contributed by atoms with Gasteiger partial charge in [0.1, 0.15) is 5.78 Å². The predicted octanol–water partition coefficient (Wildman–Crippen LogP) is 3.18. The normalized spacial score (nSPS) is 13.4. The van der Waals surface area contributed by atoms with Crippen molar-refractivity contribution in [3.8, 4) is 0 Å². The van der Waals surface area contributed by atoms with Gasteiger partial charge in [-0.2, -0.15) is 0 Å². The van der Waals surface area contributed by atoms with Gasteiger partial charge in [0.2, 0.25) is 0 Å². The summed E-state index contributed by atoms with van der Waals surface area (Å²) in [5.74, 6) is 0.224. The third-order valence-corrected chi connectivity index (χ3v) is 3.24. The second-order valence-electron chi connectivity index (χ2n) is 6.39. The number of carbonyl (C=O) groups is 1. The lowest BCUT2D eigenvalue weighted by molar-refractivity contribution is -0.119. The fraction of sp³-hybridized carbons (Fsp3) is 0.562. The number of hydrogen-bond donors (Lipinski definition) is 1. The highest BCUT2D eigenvalue weighted by atomic mass is 16.1. The van der Waals surface area contributed by atoms with Crippen molar-refractivity contribution in [3.63, 3.8) is 0 Å². The van der Waals surface area contributed by atoms with Crippen molar-refractivity contribution in [1.29, 1.82) is 0 Å². The number of ketones is 1. The first-order valence-corrected chi connectivity index (χ1v) is 6.53. The summed E-state index contributed by atoms with van der Waals surface area (Å²) < 4.78 is 0. The number of aryl methyl sites for hydroxylation is 2. The molecule has 18 heavy (non-hydrogen) atoms. The van der Waals surface area contributed by atoms with Crippen molar-refractivity contribution >= 4 is 5.78 Å². The summed E-state index contributed by atoms with van der Waals surface area (Å²) in [4.78, 5) is 12.0. The van der Waals surface area contributed by atoms with Crippen molar-refractivity contribution in [1.82, 2.24) is 0 Å². The Bertz CT molecular complexity index is 409. The lowest BCUT2D eigenvalue weighted by atomic mass is 9.84. The third kappa shape index (κ3) is 4.61. The molecule has 0 aliphatic heterocycles. The van der Waals surface area contributed by atoms with E-state index in [0.717, 1.165) is 5.56 Å². The number of carbonyl (C=O) groups excluding carboxylic acids is 1. The molecule has 0 bridgehead atoms. The molecular weight excluding hydrogens is 222 g/mol. The standard InChI is InChI=1S/C16H25NO/c1-11-6-12(2)8-13(7-11)9-14(18)10-15(17)16(3,4)5/h6-8,15H,9-10,17H2,1-5H3. The van der Waals surface area contributed by atoms with Crippen molar-refractivity contribution < 1.29 is 4.79 Å². The number of nitrogens with two attached hydrogens (primary N) is 1. The van der Waals surface area contributed by atoms with Gasteiger partial charge in [0.15, 0.2) is 0 Å². The molecule has 1 atom stereocenters. The highest BCUT2D eigenvalue weighted by Gasteiger charge is 2.23.